The lowest BCUT2D eigenvalue weighted by atomic mass is 9.72. The lowest BCUT2D eigenvalue weighted by Crippen LogP contribution is -2.72. The van der Waals surface area contributed by atoms with E-state index in [1.54, 1.807) is 62.1 Å². The molecule has 0 unspecified atom stereocenters. The highest BCUT2D eigenvalue weighted by Gasteiger charge is 2.53. The van der Waals surface area contributed by atoms with Crippen molar-refractivity contribution >= 4 is 34.2 Å². The number of aliphatic hydroxyl groups excluding tert-OH is 1. The van der Waals surface area contributed by atoms with Gasteiger partial charge in [-0.3, -0.25) is 14.3 Å². The van der Waals surface area contributed by atoms with Gasteiger partial charge in [-0.1, -0.05) is 43.3 Å². The highest BCUT2D eigenvalue weighted by molar-refractivity contribution is 5.91. The first kappa shape index (κ1) is 39.1. The van der Waals surface area contributed by atoms with E-state index in [1.165, 1.54) is 4.90 Å². The lowest BCUT2D eigenvalue weighted by Gasteiger charge is -2.61. The quantitative estimate of drug-likeness (QED) is 0.154. The van der Waals surface area contributed by atoms with Crippen molar-refractivity contribution in [2.24, 2.45) is 18.4 Å². The highest BCUT2D eigenvalue weighted by Crippen LogP contribution is 2.45. The molecule has 3 saturated heterocycles. The summed E-state index contributed by atoms with van der Waals surface area (Å²) in [4.78, 5) is 34.0. The number of likely N-dealkylation sites (tertiary alicyclic amines) is 1. The predicted octanol–water partition coefficient (Wildman–Crippen LogP) is 5.74. The molecule has 6 aromatic rings. The van der Waals surface area contributed by atoms with E-state index in [0.717, 1.165) is 42.8 Å². The van der Waals surface area contributed by atoms with E-state index >= 15 is 4.39 Å². The zero-order chi connectivity index (χ0) is 42.0. The number of hydrogen-bond donors (Lipinski definition) is 3. The standard InChI is InChI=1S/C45H48FN9O5/c1-25(2)41(44(59)55-20-30(56)18-37(55)43(58)48-27(4)31-12-13-33(42(46)26(31)3)36-14-15-47-52(36)5)39-19-40(51-60-39)54-23-45(24-54)21-53(22-45)29-11-10-28-16-35(50-49-34(28)17-29)32-8-6-7-9-38(32)57/h6-17,19,25,27,30,37,41,56-57H,18,20-24H2,1-5H3,(H,48,58)/t27-,30+,37-,41+/m0/s1. The summed E-state index contributed by atoms with van der Waals surface area (Å²) in [5, 5.41) is 42.3. The molecule has 3 aromatic carbocycles. The number of nitrogens with one attached hydrogen (secondary N) is 1. The maximum atomic E-state index is 15.6. The fourth-order valence-corrected chi connectivity index (χ4v) is 9.30. The Kier molecular flexibility index (Phi) is 9.81. The van der Waals surface area contributed by atoms with Crippen molar-refractivity contribution < 1.29 is 28.7 Å². The second kappa shape index (κ2) is 15.0. The van der Waals surface area contributed by atoms with E-state index in [1.807, 2.05) is 50.2 Å². The first-order valence-corrected chi connectivity index (χ1v) is 20.4. The van der Waals surface area contributed by atoms with Crippen LogP contribution in [0.25, 0.3) is 33.4 Å². The van der Waals surface area contributed by atoms with Crippen LogP contribution in [0.4, 0.5) is 15.9 Å². The van der Waals surface area contributed by atoms with Crippen molar-refractivity contribution in [1.29, 1.82) is 0 Å². The third kappa shape index (κ3) is 6.89. The van der Waals surface area contributed by atoms with Crippen LogP contribution in [0, 0.1) is 24.1 Å². The molecular weight excluding hydrogens is 766 g/mol. The number of carbonyl (C=O) groups is 2. The Balaban J connectivity index is 0.828. The molecule has 60 heavy (non-hydrogen) atoms. The van der Waals surface area contributed by atoms with Crippen LogP contribution < -0.4 is 15.1 Å². The van der Waals surface area contributed by atoms with E-state index in [2.05, 4.69) is 41.6 Å². The summed E-state index contributed by atoms with van der Waals surface area (Å²) in [6, 6.07) is 20.8. The zero-order valence-electron chi connectivity index (χ0n) is 34.2. The summed E-state index contributed by atoms with van der Waals surface area (Å²) >= 11 is 0. The smallest absolute Gasteiger partial charge is 0.243 e. The summed E-state index contributed by atoms with van der Waals surface area (Å²) in [6.07, 6.45) is 0.823. The number of anilines is 2. The van der Waals surface area contributed by atoms with Crippen molar-refractivity contribution in [2.75, 3.05) is 42.5 Å². The number of amides is 2. The maximum Gasteiger partial charge on any atom is 0.243 e. The van der Waals surface area contributed by atoms with Crippen molar-refractivity contribution in [2.45, 2.75) is 58.2 Å². The van der Waals surface area contributed by atoms with Gasteiger partial charge in [-0.25, -0.2) is 4.39 Å². The number of benzene rings is 3. The molecule has 3 aromatic heterocycles. The molecule has 2 amide bonds. The Hall–Kier alpha value is -6.35. The number of aryl methyl sites for hydroxylation is 1. The summed E-state index contributed by atoms with van der Waals surface area (Å²) in [6.45, 7) is 10.7. The molecule has 310 valence electrons. The number of β-amino-alcohol motifs (C(OH)–C–C–N with tert-alkyl or cyclic N) is 1. The summed E-state index contributed by atoms with van der Waals surface area (Å²) in [7, 11) is 1.75. The summed E-state index contributed by atoms with van der Waals surface area (Å²) < 4.78 is 23.1. The van der Waals surface area contributed by atoms with Gasteiger partial charge >= 0.3 is 0 Å². The first-order chi connectivity index (χ1) is 28.8. The minimum atomic E-state index is -0.912. The highest BCUT2D eigenvalue weighted by atomic mass is 19.1. The van der Waals surface area contributed by atoms with Crippen LogP contribution in [0.1, 0.15) is 56.0 Å². The fourth-order valence-electron chi connectivity index (χ4n) is 9.30. The van der Waals surface area contributed by atoms with Crippen LogP contribution in [0.5, 0.6) is 5.75 Å². The van der Waals surface area contributed by atoms with Crippen LogP contribution in [0.2, 0.25) is 0 Å². The molecular formula is C45H48FN9O5. The molecule has 14 nitrogen and oxygen atoms in total. The van der Waals surface area contributed by atoms with Crippen molar-refractivity contribution in [3.8, 4) is 28.3 Å². The predicted molar refractivity (Wildman–Crippen MR) is 224 cm³/mol. The van der Waals surface area contributed by atoms with Gasteiger partial charge < -0.3 is 34.8 Å². The molecule has 1 spiro atoms. The number of halogens is 1. The number of aromatic nitrogens is 5. The Morgan fingerprint density at radius 3 is 2.45 bits per heavy atom. The number of phenols is 1. The third-order valence-corrected chi connectivity index (χ3v) is 12.5. The largest absolute Gasteiger partial charge is 0.507 e. The monoisotopic (exact) mass is 813 g/mol. The van der Waals surface area contributed by atoms with Crippen LogP contribution in [0.15, 0.2) is 83.5 Å². The summed E-state index contributed by atoms with van der Waals surface area (Å²) in [5.74, 6) is -0.790. The molecule has 9 rings (SSSR count). The van der Waals surface area contributed by atoms with Gasteiger partial charge in [-0.2, -0.15) is 5.10 Å². The first-order valence-electron chi connectivity index (χ1n) is 20.4. The minimum Gasteiger partial charge on any atom is -0.507 e. The number of fused-ring (bicyclic) bond motifs is 1. The number of para-hydroxylation sites is 1. The number of carbonyl (C=O) groups excluding carboxylic acids is 2. The van der Waals surface area contributed by atoms with Crippen molar-refractivity contribution in [1.82, 2.24) is 35.4 Å². The zero-order valence-corrected chi connectivity index (χ0v) is 34.2. The van der Waals surface area contributed by atoms with Crippen LogP contribution in [0.3, 0.4) is 0 Å². The number of phenolic OH excluding ortho intramolecular Hbond substituents is 1. The minimum absolute atomic E-state index is 0.0107. The van der Waals surface area contributed by atoms with Gasteiger partial charge in [0.25, 0.3) is 0 Å². The molecule has 4 atom stereocenters. The molecule has 0 saturated carbocycles. The fraction of sp³-hybridized carbons (Fsp3) is 0.378. The molecule has 3 aliphatic heterocycles. The Labute approximate surface area is 346 Å². The Morgan fingerprint density at radius 2 is 1.72 bits per heavy atom. The van der Waals surface area contributed by atoms with Gasteiger partial charge in [0.05, 0.1) is 29.1 Å². The third-order valence-electron chi connectivity index (χ3n) is 12.5. The normalized spacial score (nSPS) is 19.4. The van der Waals surface area contributed by atoms with Gasteiger partial charge in [0.15, 0.2) is 11.6 Å². The van der Waals surface area contributed by atoms with E-state index in [9.17, 15) is 19.8 Å². The molecule has 0 radical (unpaired) electrons. The topological polar surface area (TPSA) is 166 Å². The average molecular weight is 814 g/mol. The second-order valence-electron chi connectivity index (χ2n) is 17.1. The SMILES string of the molecule is Cc1c([C@H](C)NC(=O)[C@@H]2C[C@@H](O)CN2C(=O)[C@@H](c2cc(N3CC4(CN(c5ccc6cc(-c7ccccc7O)nnc6c5)C4)C3)no2)C(C)C)ccc(-c2ccnn2C)c1F. The molecule has 3 fully saturated rings. The van der Waals surface area contributed by atoms with Crippen LogP contribution in [-0.4, -0.2) is 96.9 Å². The van der Waals surface area contributed by atoms with Crippen molar-refractivity contribution in [3.63, 3.8) is 0 Å². The number of nitrogens with zero attached hydrogens (tertiary/aromatic N) is 8. The number of aromatic hydroxyl groups is 1. The lowest BCUT2D eigenvalue weighted by molar-refractivity contribution is -0.141. The van der Waals surface area contributed by atoms with Gasteiger partial charge in [0, 0.05) is 86.1 Å². The second-order valence-corrected chi connectivity index (χ2v) is 17.1. The van der Waals surface area contributed by atoms with Crippen LogP contribution in [-0.2, 0) is 16.6 Å². The Morgan fingerprint density at radius 1 is 0.950 bits per heavy atom. The van der Waals surface area contributed by atoms with Gasteiger partial charge in [-0.05, 0) is 73.4 Å². The van der Waals surface area contributed by atoms with Crippen molar-refractivity contribution in [3.05, 3.63) is 102 Å². The van der Waals surface area contributed by atoms with E-state index in [4.69, 9.17) is 4.52 Å². The Bertz CT molecular complexity index is 2610. The number of rotatable bonds is 10. The molecule has 0 aliphatic carbocycles. The van der Waals surface area contributed by atoms with Crippen LogP contribution >= 0.6 is 0 Å². The average Bonchev–Trinajstić information content (AvgIpc) is 3.95. The maximum absolute atomic E-state index is 15.6. The molecule has 0 bridgehead atoms. The summed E-state index contributed by atoms with van der Waals surface area (Å²) in [5.41, 5.74) is 5.31. The van der Waals surface area contributed by atoms with Gasteiger partial charge in [0.1, 0.15) is 23.5 Å². The van der Waals surface area contributed by atoms with E-state index < -0.39 is 35.8 Å². The molecule has 3 N–H and O–H groups in total. The van der Waals surface area contributed by atoms with E-state index in [-0.39, 0.29) is 36.0 Å². The number of aliphatic hydroxyl groups is 1. The molecule has 6 heterocycles. The van der Waals surface area contributed by atoms with Gasteiger partial charge in [-0.15, -0.1) is 10.2 Å². The van der Waals surface area contributed by atoms with E-state index in [0.29, 0.717) is 45.2 Å². The molecule has 15 heteroatoms. The number of hydrogen-bond acceptors (Lipinski definition) is 11. The molecule has 3 aliphatic rings. The van der Waals surface area contributed by atoms with Gasteiger partial charge in [0.2, 0.25) is 11.8 Å².